The molecule has 1 saturated carbocycles. The molecule has 3 heteroatoms. The molecule has 1 aliphatic rings. The Balaban J connectivity index is 2.14. The Bertz CT molecular complexity index is 169. The van der Waals surface area contributed by atoms with Gasteiger partial charge in [-0.15, -0.1) is 0 Å². The molecule has 1 rings (SSSR count). The second-order valence-corrected chi connectivity index (χ2v) is 4.82. The van der Waals surface area contributed by atoms with E-state index in [0.29, 0.717) is 25.0 Å². The van der Waals surface area contributed by atoms with Crippen LogP contribution in [-0.4, -0.2) is 30.5 Å². The van der Waals surface area contributed by atoms with Gasteiger partial charge in [0, 0.05) is 13.2 Å². The van der Waals surface area contributed by atoms with Crippen molar-refractivity contribution in [3.05, 3.63) is 0 Å². The summed E-state index contributed by atoms with van der Waals surface area (Å²) in [6.07, 6.45) is 3.24. The fraction of sp³-hybridized carbons (Fsp3) is 1.00. The Labute approximate surface area is 86.6 Å². The molecule has 1 atom stereocenters. The van der Waals surface area contributed by atoms with Gasteiger partial charge in [0.05, 0.1) is 6.61 Å². The first-order valence-corrected chi connectivity index (χ1v) is 5.58. The topological polar surface area (TPSA) is 55.5 Å². The molecule has 0 aromatic heterocycles. The summed E-state index contributed by atoms with van der Waals surface area (Å²) in [4.78, 5) is 0. The molecule has 0 spiro atoms. The molecular weight excluding hydrogens is 178 g/mol. The van der Waals surface area contributed by atoms with Gasteiger partial charge in [0.15, 0.2) is 0 Å². The van der Waals surface area contributed by atoms with Gasteiger partial charge >= 0.3 is 0 Å². The highest BCUT2D eigenvalue weighted by Gasteiger charge is 2.42. The average Bonchev–Trinajstić information content (AvgIpc) is 2.95. The van der Waals surface area contributed by atoms with Gasteiger partial charge < -0.3 is 15.6 Å². The van der Waals surface area contributed by atoms with E-state index < -0.39 is 5.60 Å². The predicted molar refractivity (Wildman–Crippen MR) is 57.0 cm³/mol. The van der Waals surface area contributed by atoms with E-state index in [4.69, 9.17) is 10.5 Å². The summed E-state index contributed by atoms with van der Waals surface area (Å²) in [7, 11) is 0. The molecule has 3 N–H and O–H groups in total. The molecule has 0 aromatic rings. The molecule has 1 fully saturated rings. The SMILES string of the molecule is CC(C)CCOCC(O)(CN)C1CC1. The highest BCUT2D eigenvalue weighted by molar-refractivity contribution is 4.95. The van der Waals surface area contributed by atoms with E-state index in [-0.39, 0.29) is 0 Å². The lowest BCUT2D eigenvalue weighted by atomic mass is 9.99. The molecule has 0 heterocycles. The van der Waals surface area contributed by atoms with Gasteiger partial charge in [-0.1, -0.05) is 13.8 Å². The van der Waals surface area contributed by atoms with Crippen molar-refractivity contribution >= 4 is 0 Å². The largest absolute Gasteiger partial charge is 0.386 e. The van der Waals surface area contributed by atoms with Crippen LogP contribution in [-0.2, 0) is 4.74 Å². The van der Waals surface area contributed by atoms with Gasteiger partial charge in [0.25, 0.3) is 0 Å². The summed E-state index contributed by atoms with van der Waals surface area (Å²) in [6.45, 7) is 5.78. The molecule has 1 aliphatic carbocycles. The zero-order chi connectivity index (χ0) is 10.6. The van der Waals surface area contributed by atoms with Crippen LogP contribution in [0.5, 0.6) is 0 Å². The summed E-state index contributed by atoms with van der Waals surface area (Å²) >= 11 is 0. The van der Waals surface area contributed by atoms with E-state index in [1.165, 1.54) is 0 Å². The lowest BCUT2D eigenvalue weighted by molar-refractivity contribution is -0.0565. The molecule has 0 saturated heterocycles. The van der Waals surface area contributed by atoms with Crippen LogP contribution in [0.1, 0.15) is 33.1 Å². The Kier molecular flexibility index (Phi) is 4.35. The minimum Gasteiger partial charge on any atom is -0.386 e. The average molecular weight is 201 g/mol. The lowest BCUT2D eigenvalue weighted by Crippen LogP contribution is -2.44. The van der Waals surface area contributed by atoms with Crippen molar-refractivity contribution in [2.24, 2.45) is 17.6 Å². The number of hydrogen-bond acceptors (Lipinski definition) is 3. The molecule has 0 amide bonds. The van der Waals surface area contributed by atoms with Gasteiger partial charge in [-0.3, -0.25) is 0 Å². The van der Waals surface area contributed by atoms with Gasteiger partial charge in [0.2, 0.25) is 0 Å². The number of hydrogen-bond donors (Lipinski definition) is 2. The molecule has 0 radical (unpaired) electrons. The van der Waals surface area contributed by atoms with E-state index in [1.807, 2.05) is 0 Å². The highest BCUT2D eigenvalue weighted by Crippen LogP contribution is 2.39. The van der Waals surface area contributed by atoms with Crippen LogP contribution in [0.25, 0.3) is 0 Å². The summed E-state index contributed by atoms with van der Waals surface area (Å²) in [5.74, 6) is 1.04. The summed E-state index contributed by atoms with van der Waals surface area (Å²) < 4.78 is 5.47. The van der Waals surface area contributed by atoms with Crippen molar-refractivity contribution in [3.8, 4) is 0 Å². The lowest BCUT2D eigenvalue weighted by Gasteiger charge is -2.26. The van der Waals surface area contributed by atoms with Crippen LogP contribution in [0.15, 0.2) is 0 Å². The van der Waals surface area contributed by atoms with Crippen molar-refractivity contribution in [1.29, 1.82) is 0 Å². The first-order valence-electron chi connectivity index (χ1n) is 5.58. The fourth-order valence-electron chi connectivity index (χ4n) is 1.53. The Morgan fingerprint density at radius 3 is 2.57 bits per heavy atom. The van der Waals surface area contributed by atoms with Crippen LogP contribution < -0.4 is 5.73 Å². The molecular formula is C11H23NO2. The molecule has 1 unspecified atom stereocenters. The monoisotopic (exact) mass is 201 g/mol. The number of nitrogens with two attached hydrogens (primary N) is 1. The summed E-state index contributed by atoms with van der Waals surface area (Å²) in [5.41, 5.74) is 4.81. The smallest absolute Gasteiger partial charge is 0.103 e. The van der Waals surface area contributed by atoms with Crippen molar-refractivity contribution < 1.29 is 9.84 Å². The van der Waals surface area contributed by atoms with Crippen molar-refractivity contribution in [2.45, 2.75) is 38.7 Å². The second-order valence-electron chi connectivity index (χ2n) is 4.82. The zero-order valence-corrected chi connectivity index (χ0v) is 9.33. The van der Waals surface area contributed by atoms with Crippen LogP contribution in [0, 0.1) is 11.8 Å². The fourth-order valence-corrected chi connectivity index (χ4v) is 1.53. The number of ether oxygens (including phenoxy) is 1. The Morgan fingerprint density at radius 1 is 1.50 bits per heavy atom. The zero-order valence-electron chi connectivity index (χ0n) is 9.33. The van der Waals surface area contributed by atoms with Crippen LogP contribution in [0.2, 0.25) is 0 Å². The van der Waals surface area contributed by atoms with Crippen molar-refractivity contribution in [3.63, 3.8) is 0 Å². The van der Waals surface area contributed by atoms with Gasteiger partial charge in [-0.05, 0) is 31.1 Å². The van der Waals surface area contributed by atoms with E-state index in [0.717, 1.165) is 25.9 Å². The third-order valence-electron chi connectivity index (χ3n) is 2.88. The number of aliphatic hydroxyl groups is 1. The van der Waals surface area contributed by atoms with E-state index >= 15 is 0 Å². The quantitative estimate of drug-likeness (QED) is 0.607. The van der Waals surface area contributed by atoms with Crippen LogP contribution in [0.3, 0.4) is 0 Å². The van der Waals surface area contributed by atoms with Gasteiger partial charge in [-0.25, -0.2) is 0 Å². The maximum Gasteiger partial charge on any atom is 0.103 e. The molecule has 84 valence electrons. The van der Waals surface area contributed by atoms with Gasteiger partial charge in [0.1, 0.15) is 5.60 Å². The van der Waals surface area contributed by atoms with E-state index in [9.17, 15) is 5.11 Å². The van der Waals surface area contributed by atoms with E-state index in [2.05, 4.69) is 13.8 Å². The summed E-state index contributed by atoms with van der Waals surface area (Å²) in [5, 5.41) is 10.1. The summed E-state index contributed by atoms with van der Waals surface area (Å²) in [6, 6.07) is 0. The first-order chi connectivity index (χ1) is 6.58. The predicted octanol–water partition coefficient (Wildman–Crippen LogP) is 1.15. The Hall–Kier alpha value is -0.120. The number of rotatable bonds is 7. The molecule has 3 nitrogen and oxygen atoms in total. The van der Waals surface area contributed by atoms with Crippen LogP contribution >= 0.6 is 0 Å². The van der Waals surface area contributed by atoms with Crippen molar-refractivity contribution in [1.82, 2.24) is 0 Å². The Morgan fingerprint density at radius 2 is 2.14 bits per heavy atom. The second kappa shape index (κ2) is 5.10. The molecule has 0 aliphatic heterocycles. The molecule has 0 bridgehead atoms. The van der Waals surface area contributed by atoms with Gasteiger partial charge in [-0.2, -0.15) is 0 Å². The van der Waals surface area contributed by atoms with Crippen LogP contribution in [0.4, 0.5) is 0 Å². The van der Waals surface area contributed by atoms with Crippen molar-refractivity contribution in [2.75, 3.05) is 19.8 Å². The third kappa shape index (κ3) is 3.56. The molecule has 14 heavy (non-hydrogen) atoms. The first kappa shape index (κ1) is 12.0. The highest BCUT2D eigenvalue weighted by atomic mass is 16.5. The normalized spacial score (nSPS) is 21.2. The maximum absolute atomic E-state index is 10.1. The molecule has 0 aromatic carbocycles. The standard InChI is InChI=1S/C11H23NO2/c1-9(2)5-6-14-8-11(13,7-12)10-3-4-10/h9-10,13H,3-8,12H2,1-2H3. The minimum atomic E-state index is -0.753. The maximum atomic E-state index is 10.1. The third-order valence-corrected chi connectivity index (χ3v) is 2.88. The van der Waals surface area contributed by atoms with E-state index in [1.54, 1.807) is 0 Å². The minimum absolute atomic E-state index is 0.319.